The van der Waals surface area contributed by atoms with Gasteiger partial charge in [-0.15, -0.1) is 0 Å². The van der Waals surface area contributed by atoms with Crippen molar-refractivity contribution in [3.63, 3.8) is 0 Å². The van der Waals surface area contributed by atoms with Gasteiger partial charge < -0.3 is 9.47 Å². The summed E-state index contributed by atoms with van der Waals surface area (Å²) in [6.45, 7) is -0.0675. The number of hydrogen-bond acceptors (Lipinski definition) is 7. The number of rotatable bonds is 3. The third-order valence-electron chi connectivity index (χ3n) is 4.13. The van der Waals surface area contributed by atoms with Gasteiger partial charge in [-0.25, -0.2) is 0 Å². The molecule has 2 heterocycles. The first-order chi connectivity index (χ1) is 13.5. The van der Waals surface area contributed by atoms with E-state index >= 15 is 0 Å². The molecule has 0 aliphatic carbocycles. The lowest BCUT2D eigenvalue weighted by atomic mass is 10.0. The predicted molar refractivity (Wildman–Crippen MR) is 102 cm³/mol. The van der Waals surface area contributed by atoms with Crippen LogP contribution in [0.4, 0.5) is 11.4 Å². The number of nitro groups is 1. The monoisotopic (exact) mass is 397 g/mol. The zero-order valence-corrected chi connectivity index (χ0v) is 14.9. The van der Waals surface area contributed by atoms with Gasteiger partial charge in [-0.05, 0) is 36.5 Å². The summed E-state index contributed by atoms with van der Waals surface area (Å²) in [5.74, 6) is -0.919. The van der Waals surface area contributed by atoms with Gasteiger partial charge in [-0.2, -0.15) is 0 Å². The molecule has 2 aromatic rings. The van der Waals surface area contributed by atoms with E-state index in [0.717, 1.165) is 11.0 Å². The topological polar surface area (TPSA) is 111 Å². The third kappa shape index (κ3) is 2.95. The van der Waals surface area contributed by atoms with Crippen LogP contribution in [0.15, 0.2) is 48.0 Å². The number of benzene rings is 2. The van der Waals surface area contributed by atoms with E-state index in [9.17, 15) is 19.7 Å². The first-order valence-electron chi connectivity index (χ1n) is 8.00. The molecule has 0 atom stereocenters. The van der Waals surface area contributed by atoms with E-state index in [-0.39, 0.29) is 40.2 Å². The summed E-state index contributed by atoms with van der Waals surface area (Å²) < 4.78 is 10.4. The van der Waals surface area contributed by atoms with E-state index in [0.29, 0.717) is 5.69 Å². The molecule has 0 spiro atoms. The van der Waals surface area contributed by atoms with Crippen molar-refractivity contribution in [3.05, 3.63) is 63.7 Å². The minimum Gasteiger partial charge on any atom is -0.454 e. The number of thiocarbonyl (C=S) groups is 1. The molecule has 10 heteroatoms. The van der Waals surface area contributed by atoms with Crippen molar-refractivity contribution in [2.24, 2.45) is 0 Å². The highest BCUT2D eigenvalue weighted by atomic mass is 32.1. The molecule has 0 aromatic heterocycles. The van der Waals surface area contributed by atoms with Crippen LogP contribution < -0.4 is 19.7 Å². The molecular formula is C18H11N3O6S. The van der Waals surface area contributed by atoms with Gasteiger partial charge in [0.05, 0.1) is 22.2 Å². The fraction of sp³-hybridized carbons (Fsp3) is 0.0556. The second-order valence-electron chi connectivity index (χ2n) is 5.81. The molecule has 0 unspecified atom stereocenters. The van der Waals surface area contributed by atoms with E-state index in [1.54, 1.807) is 30.3 Å². The minimum atomic E-state index is -0.742. The number of ether oxygens (including phenoxy) is 2. The van der Waals surface area contributed by atoms with Gasteiger partial charge in [-0.1, -0.05) is 18.2 Å². The lowest BCUT2D eigenvalue weighted by Crippen LogP contribution is -2.54. The highest BCUT2D eigenvalue weighted by Crippen LogP contribution is 2.39. The number of nitrogens with zero attached hydrogens (tertiary/aromatic N) is 2. The molecule has 0 radical (unpaired) electrons. The maximum Gasteiger partial charge on any atom is 0.280 e. The Bertz CT molecular complexity index is 1070. The Hall–Kier alpha value is -3.79. The Kier molecular flexibility index (Phi) is 4.24. The van der Waals surface area contributed by atoms with Crippen molar-refractivity contribution in [1.29, 1.82) is 0 Å². The van der Waals surface area contributed by atoms with E-state index < -0.39 is 16.7 Å². The molecule has 4 rings (SSSR count). The minimum absolute atomic E-state index is 0.0357. The summed E-state index contributed by atoms with van der Waals surface area (Å²) in [4.78, 5) is 37.3. The number of nitro benzene ring substituents is 1. The molecule has 2 amide bonds. The van der Waals surface area contributed by atoms with Gasteiger partial charge in [0.15, 0.2) is 16.6 Å². The average Bonchev–Trinajstić information content (AvgIpc) is 3.12. The van der Waals surface area contributed by atoms with Crippen LogP contribution in [-0.2, 0) is 9.59 Å². The van der Waals surface area contributed by atoms with Crippen LogP contribution in [0.3, 0.4) is 0 Å². The van der Waals surface area contributed by atoms with Gasteiger partial charge in [0.25, 0.3) is 17.5 Å². The molecule has 1 fully saturated rings. The second-order valence-corrected chi connectivity index (χ2v) is 6.20. The van der Waals surface area contributed by atoms with Crippen LogP contribution >= 0.6 is 12.2 Å². The molecule has 2 aliphatic rings. The molecular weight excluding hydrogens is 386 g/mol. The van der Waals surface area contributed by atoms with E-state index in [2.05, 4.69) is 5.32 Å². The Morgan fingerprint density at radius 1 is 1.14 bits per heavy atom. The van der Waals surface area contributed by atoms with Gasteiger partial charge in [0, 0.05) is 0 Å². The quantitative estimate of drug-likeness (QED) is 0.278. The number of carbonyl (C=O) groups is 2. The number of anilines is 1. The summed E-state index contributed by atoms with van der Waals surface area (Å²) in [6, 6.07) is 11.1. The van der Waals surface area contributed by atoms with Crippen LogP contribution in [-0.4, -0.2) is 28.6 Å². The van der Waals surface area contributed by atoms with Gasteiger partial charge in [0.2, 0.25) is 6.79 Å². The number of amides is 2. The van der Waals surface area contributed by atoms with E-state index in [1.807, 2.05) is 0 Å². The number of hydrogen-bond donors (Lipinski definition) is 1. The molecule has 0 bridgehead atoms. The Morgan fingerprint density at radius 2 is 1.82 bits per heavy atom. The molecule has 1 saturated heterocycles. The molecule has 1 N–H and O–H groups in total. The number of fused-ring (bicyclic) bond motifs is 1. The summed E-state index contributed by atoms with van der Waals surface area (Å²) >= 11 is 5.11. The maximum absolute atomic E-state index is 12.9. The predicted octanol–water partition coefficient (Wildman–Crippen LogP) is 2.15. The molecule has 140 valence electrons. The largest absolute Gasteiger partial charge is 0.454 e. The number of carbonyl (C=O) groups excluding carboxylic acids is 2. The maximum atomic E-state index is 12.9. The average molecular weight is 397 g/mol. The highest BCUT2D eigenvalue weighted by molar-refractivity contribution is 7.80. The normalized spacial score (nSPS) is 17.1. The first kappa shape index (κ1) is 17.6. The lowest BCUT2D eigenvalue weighted by Gasteiger charge is -2.28. The molecule has 0 saturated carbocycles. The molecule has 9 nitrogen and oxygen atoms in total. The van der Waals surface area contributed by atoms with Crippen LogP contribution in [0.1, 0.15) is 5.56 Å². The molecule has 28 heavy (non-hydrogen) atoms. The number of para-hydroxylation sites is 1. The van der Waals surface area contributed by atoms with Crippen molar-refractivity contribution in [2.75, 3.05) is 11.7 Å². The van der Waals surface area contributed by atoms with E-state index in [1.165, 1.54) is 12.1 Å². The third-order valence-corrected chi connectivity index (χ3v) is 4.42. The summed E-state index contributed by atoms with van der Waals surface area (Å²) in [7, 11) is 0. The highest BCUT2D eigenvalue weighted by Gasteiger charge is 2.35. The van der Waals surface area contributed by atoms with Crippen molar-refractivity contribution in [1.82, 2.24) is 5.32 Å². The van der Waals surface area contributed by atoms with Crippen LogP contribution in [0, 0.1) is 10.1 Å². The van der Waals surface area contributed by atoms with Gasteiger partial charge >= 0.3 is 0 Å². The summed E-state index contributed by atoms with van der Waals surface area (Å²) in [5.41, 5.74) is -0.117. The second kappa shape index (κ2) is 6.74. The standard InChI is InChI=1S/C18H11N3O6S/c22-16-12(17(23)20(18(28)19-16)11-4-2-1-3-5-11)6-10-7-14-15(27-9-26-14)8-13(10)21(24)25/h1-8H,9H2,(H,19,22,28). The smallest absolute Gasteiger partial charge is 0.280 e. The van der Waals surface area contributed by atoms with Crippen LogP contribution in [0.5, 0.6) is 11.5 Å². The molecule has 2 aromatic carbocycles. The lowest BCUT2D eigenvalue weighted by molar-refractivity contribution is -0.385. The Morgan fingerprint density at radius 3 is 2.50 bits per heavy atom. The van der Waals surface area contributed by atoms with Gasteiger partial charge in [-0.3, -0.25) is 29.9 Å². The fourth-order valence-electron chi connectivity index (χ4n) is 2.85. The Balaban J connectivity index is 1.81. The van der Waals surface area contributed by atoms with Crippen molar-refractivity contribution in [3.8, 4) is 11.5 Å². The van der Waals surface area contributed by atoms with Crippen molar-refractivity contribution >= 4 is 46.6 Å². The van der Waals surface area contributed by atoms with Crippen LogP contribution in [0.2, 0.25) is 0 Å². The fourth-order valence-corrected chi connectivity index (χ4v) is 3.13. The first-order valence-corrected chi connectivity index (χ1v) is 8.41. The van der Waals surface area contributed by atoms with Crippen molar-refractivity contribution < 1.29 is 24.0 Å². The number of nitrogens with one attached hydrogen (secondary N) is 1. The zero-order chi connectivity index (χ0) is 19.8. The molecule has 2 aliphatic heterocycles. The Labute approximate surface area is 163 Å². The summed E-state index contributed by atoms with van der Waals surface area (Å²) in [5, 5.41) is 13.8. The van der Waals surface area contributed by atoms with Gasteiger partial charge in [0.1, 0.15) is 5.57 Å². The SMILES string of the molecule is O=C1NC(=S)N(c2ccccc2)C(=O)C1=Cc1cc2c(cc1[N+](=O)[O-])OCO2. The zero-order valence-electron chi connectivity index (χ0n) is 14.1. The van der Waals surface area contributed by atoms with Crippen molar-refractivity contribution in [2.45, 2.75) is 0 Å². The van der Waals surface area contributed by atoms with Crippen LogP contribution in [0.25, 0.3) is 6.08 Å². The summed E-state index contributed by atoms with van der Waals surface area (Å²) in [6.07, 6.45) is 1.15. The van der Waals surface area contributed by atoms with E-state index in [4.69, 9.17) is 21.7 Å².